The maximum atomic E-state index is 11.4. The summed E-state index contributed by atoms with van der Waals surface area (Å²) < 4.78 is 10.3. The molecule has 92 valence electrons. The fourth-order valence-corrected chi connectivity index (χ4v) is 1.40. The Labute approximate surface area is 102 Å². The van der Waals surface area contributed by atoms with Crippen LogP contribution < -0.4 is 0 Å². The van der Waals surface area contributed by atoms with E-state index in [1.54, 1.807) is 6.92 Å². The van der Waals surface area contributed by atoms with Crippen LogP contribution in [0, 0.1) is 0 Å². The normalized spacial score (nSPS) is 11.3. The summed E-state index contributed by atoms with van der Waals surface area (Å²) in [4.78, 5) is 11.4. The van der Waals surface area contributed by atoms with Crippen molar-refractivity contribution >= 4 is 11.5 Å². The molecule has 0 N–H and O–H groups in total. The molecule has 3 heteroatoms. The third-order valence-electron chi connectivity index (χ3n) is 2.18. The van der Waals surface area contributed by atoms with Gasteiger partial charge in [-0.15, -0.1) is 0 Å². The first-order valence-electron chi connectivity index (χ1n) is 5.78. The lowest BCUT2D eigenvalue weighted by molar-refractivity contribution is -0.137. The Morgan fingerprint density at radius 1 is 1.18 bits per heavy atom. The van der Waals surface area contributed by atoms with Crippen LogP contribution in [-0.2, 0) is 14.3 Å². The molecule has 0 atom stereocenters. The fourth-order valence-electron chi connectivity index (χ4n) is 1.40. The number of benzene rings is 1. The van der Waals surface area contributed by atoms with Gasteiger partial charge in [-0.05, 0) is 25.0 Å². The van der Waals surface area contributed by atoms with Crippen molar-refractivity contribution in [2.24, 2.45) is 0 Å². The van der Waals surface area contributed by atoms with Crippen LogP contribution in [0.2, 0.25) is 0 Å². The predicted octanol–water partition coefficient (Wildman–Crippen LogP) is 2.67. The van der Waals surface area contributed by atoms with Crippen LogP contribution in [0.1, 0.15) is 19.4 Å². The van der Waals surface area contributed by atoms with Crippen LogP contribution in [0.5, 0.6) is 0 Å². The zero-order valence-electron chi connectivity index (χ0n) is 10.3. The third kappa shape index (κ3) is 4.83. The Hall–Kier alpha value is -1.61. The van der Waals surface area contributed by atoms with Crippen molar-refractivity contribution < 1.29 is 14.3 Å². The number of carbonyl (C=O) groups is 1. The Bertz CT molecular complexity index is 368. The van der Waals surface area contributed by atoms with E-state index >= 15 is 0 Å². The molecular weight excluding hydrogens is 216 g/mol. The Kier molecular flexibility index (Phi) is 6.04. The lowest BCUT2D eigenvalue weighted by atomic mass is 10.1. The van der Waals surface area contributed by atoms with Crippen molar-refractivity contribution in [3.05, 3.63) is 42.0 Å². The van der Waals surface area contributed by atoms with Crippen molar-refractivity contribution in [3.63, 3.8) is 0 Å². The van der Waals surface area contributed by atoms with E-state index in [9.17, 15) is 4.79 Å². The molecule has 0 saturated heterocycles. The molecule has 3 nitrogen and oxygen atoms in total. The molecule has 0 saturated carbocycles. The molecule has 0 amide bonds. The first-order valence-corrected chi connectivity index (χ1v) is 5.78. The average molecular weight is 234 g/mol. The molecule has 0 aromatic heterocycles. The molecule has 0 aliphatic heterocycles. The quantitative estimate of drug-likeness (QED) is 0.560. The zero-order chi connectivity index (χ0) is 12.5. The molecule has 0 radical (unpaired) electrons. The van der Waals surface area contributed by atoms with Crippen LogP contribution in [0.15, 0.2) is 36.4 Å². The first-order chi connectivity index (χ1) is 8.27. The minimum absolute atomic E-state index is 0.328. The Balaban J connectivity index is 2.84. The molecule has 0 aliphatic rings. The molecular formula is C14H18O3. The smallest absolute Gasteiger partial charge is 0.331 e. The van der Waals surface area contributed by atoms with Gasteiger partial charge in [0.15, 0.2) is 0 Å². The van der Waals surface area contributed by atoms with Gasteiger partial charge >= 0.3 is 5.97 Å². The molecule has 0 heterocycles. The summed E-state index contributed by atoms with van der Waals surface area (Å²) in [6, 6.07) is 9.70. The van der Waals surface area contributed by atoms with E-state index in [1.807, 2.05) is 37.3 Å². The zero-order valence-corrected chi connectivity index (χ0v) is 10.3. The monoisotopic (exact) mass is 234 g/mol. The van der Waals surface area contributed by atoms with Crippen LogP contribution in [0.3, 0.4) is 0 Å². The van der Waals surface area contributed by atoms with Crippen molar-refractivity contribution in [1.29, 1.82) is 0 Å². The van der Waals surface area contributed by atoms with Crippen molar-refractivity contribution in [1.82, 2.24) is 0 Å². The molecule has 0 aliphatic carbocycles. The first kappa shape index (κ1) is 13.5. The molecule has 0 bridgehead atoms. The fraction of sp³-hybridized carbons (Fsp3) is 0.357. The van der Waals surface area contributed by atoms with Crippen LogP contribution in [0.4, 0.5) is 0 Å². The molecule has 1 rings (SSSR count). The highest BCUT2D eigenvalue weighted by Gasteiger charge is 2.05. The molecule has 1 aromatic rings. The number of hydrogen-bond acceptors (Lipinski definition) is 3. The van der Waals surface area contributed by atoms with Gasteiger partial charge in [-0.25, -0.2) is 4.79 Å². The summed E-state index contributed by atoms with van der Waals surface area (Å²) in [7, 11) is 0. The number of rotatable bonds is 6. The van der Waals surface area contributed by atoms with Gasteiger partial charge in [0.05, 0.1) is 13.2 Å². The summed E-state index contributed by atoms with van der Waals surface area (Å²) in [6.45, 7) is 5.13. The highest BCUT2D eigenvalue weighted by atomic mass is 16.5. The number of esters is 1. The van der Waals surface area contributed by atoms with Crippen LogP contribution in [-0.4, -0.2) is 25.8 Å². The summed E-state index contributed by atoms with van der Waals surface area (Å²) in [5.74, 6) is -0.328. The van der Waals surface area contributed by atoms with E-state index in [2.05, 4.69) is 0 Å². The Morgan fingerprint density at radius 3 is 2.47 bits per heavy atom. The van der Waals surface area contributed by atoms with Crippen molar-refractivity contribution in [3.8, 4) is 0 Å². The lowest BCUT2D eigenvalue weighted by Crippen LogP contribution is -2.04. The molecule has 0 spiro atoms. The second-order valence-electron chi connectivity index (χ2n) is 3.42. The predicted molar refractivity (Wildman–Crippen MR) is 67.5 cm³/mol. The minimum Gasteiger partial charge on any atom is -0.463 e. The van der Waals surface area contributed by atoms with E-state index in [1.165, 1.54) is 6.08 Å². The van der Waals surface area contributed by atoms with Gasteiger partial charge in [-0.1, -0.05) is 30.3 Å². The third-order valence-corrected chi connectivity index (χ3v) is 2.18. The van der Waals surface area contributed by atoms with Gasteiger partial charge < -0.3 is 9.47 Å². The summed E-state index contributed by atoms with van der Waals surface area (Å²) in [5.41, 5.74) is 1.82. The minimum atomic E-state index is -0.328. The largest absolute Gasteiger partial charge is 0.463 e. The van der Waals surface area contributed by atoms with E-state index in [0.717, 1.165) is 11.1 Å². The van der Waals surface area contributed by atoms with Crippen molar-refractivity contribution in [2.75, 3.05) is 19.8 Å². The van der Waals surface area contributed by atoms with Gasteiger partial charge in [-0.3, -0.25) is 0 Å². The SMILES string of the molecule is CCOCC(=CC(=O)OCC)c1ccccc1. The van der Waals surface area contributed by atoms with E-state index < -0.39 is 0 Å². The van der Waals surface area contributed by atoms with Crippen LogP contribution in [0.25, 0.3) is 5.57 Å². The summed E-state index contributed by atoms with van der Waals surface area (Å²) in [5, 5.41) is 0. The van der Waals surface area contributed by atoms with Gasteiger partial charge in [-0.2, -0.15) is 0 Å². The molecule has 0 fully saturated rings. The lowest BCUT2D eigenvalue weighted by Gasteiger charge is -2.07. The average Bonchev–Trinajstić information content (AvgIpc) is 2.36. The standard InChI is InChI=1S/C14H18O3/c1-3-16-11-13(10-14(15)17-4-2)12-8-6-5-7-9-12/h5-10H,3-4,11H2,1-2H3. The Morgan fingerprint density at radius 2 is 1.88 bits per heavy atom. The molecule has 1 aromatic carbocycles. The number of hydrogen-bond donors (Lipinski definition) is 0. The van der Waals surface area contributed by atoms with Gasteiger partial charge in [0, 0.05) is 12.7 Å². The molecule has 0 unspecified atom stereocenters. The van der Waals surface area contributed by atoms with E-state index in [4.69, 9.17) is 9.47 Å². The van der Waals surface area contributed by atoms with Gasteiger partial charge in [0.25, 0.3) is 0 Å². The second-order valence-corrected chi connectivity index (χ2v) is 3.42. The second kappa shape index (κ2) is 7.63. The highest BCUT2D eigenvalue weighted by Crippen LogP contribution is 2.14. The highest BCUT2D eigenvalue weighted by molar-refractivity contribution is 5.91. The van der Waals surface area contributed by atoms with E-state index in [0.29, 0.717) is 19.8 Å². The number of carbonyl (C=O) groups excluding carboxylic acids is 1. The van der Waals surface area contributed by atoms with Crippen LogP contribution >= 0.6 is 0 Å². The van der Waals surface area contributed by atoms with Gasteiger partial charge in [0.1, 0.15) is 0 Å². The summed E-state index contributed by atoms with van der Waals surface area (Å²) in [6.07, 6.45) is 1.49. The van der Waals surface area contributed by atoms with Crippen molar-refractivity contribution in [2.45, 2.75) is 13.8 Å². The topological polar surface area (TPSA) is 35.5 Å². The maximum Gasteiger partial charge on any atom is 0.331 e. The molecule has 17 heavy (non-hydrogen) atoms. The van der Waals surface area contributed by atoms with E-state index in [-0.39, 0.29) is 5.97 Å². The summed E-state index contributed by atoms with van der Waals surface area (Å²) >= 11 is 0. The maximum absolute atomic E-state index is 11.4. The van der Waals surface area contributed by atoms with Gasteiger partial charge in [0.2, 0.25) is 0 Å². The number of ether oxygens (including phenoxy) is 2.